The van der Waals surface area contributed by atoms with Gasteiger partial charge >= 0.3 is 0 Å². The summed E-state index contributed by atoms with van der Waals surface area (Å²) in [6.07, 6.45) is 3.51. The average molecular weight is 356 g/mol. The van der Waals surface area contributed by atoms with Gasteiger partial charge in [-0.2, -0.15) is 0 Å². The molecule has 1 amide bonds. The summed E-state index contributed by atoms with van der Waals surface area (Å²) in [5.41, 5.74) is 0.694. The van der Waals surface area contributed by atoms with Crippen LogP contribution in [0, 0.1) is 0 Å². The number of nitrogens with one attached hydrogen (secondary N) is 1. The van der Waals surface area contributed by atoms with Crippen molar-refractivity contribution < 1.29 is 14.6 Å². The molecule has 26 heavy (non-hydrogen) atoms. The van der Waals surface area contributed by atoms with E-state index in [1.165, 1.54) is 0 Å². The van der Waals surface area contributed by atoms with Crippen molar-refractivity contribution >= 4 is 5.91 Å². The van der Waals surface area contributed by atoms with Crippen molar-refractivity contribution in [3.8, 4) is 5.75 Å². The van der Waals surface area contributed by atoms with Crippen LogP contribution in [0.25, 0.3) is 0 Å². The van der Waals surface area contributed by atoms with E-state index in [1.807, 2.05) is 35.9 Å². The summed E-state index contributed by atoms with van der Waals surface area (Å²) in [4.78, 5) is 12.8. The first kappa shape index (κ1) is 17.0. The van der Waals surface area contributed by atoms with E-state index < -0.39 is 0 Å². The zero-order valence-corrected chi connectivity index (χ0v) is 15.1. The number of methoxy groups -OCH3 is 1. The highest BCUT2D eigenvalue weighted by atomic mass is 16.5. The number of rotatable bonds is 6. The molecule has 1 heterocycles. The van der Waals surface area contributed by atoms with Gasteiger partial charge in [-0.3, -0.25) is 4.79 Å². The SMILES string of the molecule is COc1ccc(C2(C(=O)NC3CC(c4nnc(CO)n4C)C3)CC2)cc1. The maximum atomic E-state index is 12.8. The molecule has 2 aliphatic rings. The van der Waals surface area contributed by atoms with Crippen molar-refractivity contribution in [2.75, 3.05) is 7.11 Å². The van der Waals surface area contributed by atoms with Gasteiger partial charge in [-0.1, -0.05) is 12.1 Å². The van der Waals surface area contributed by atoms with Crippen LogP contribution < -0.4 is 10.1 Å². The highest BCUT2D eigenvalue weighted by Crippen LogP contribution is 2.49. The summed E-state index contributed by atoms with van der Waals surface area (Å²) in [5, 5.41) is 20.6. The van der Waals surface area contributed by atoms with Crippen LogP contribution in [-0.4, -0.2) is 38.9 Å². The quantitative estimate of drug-likeness (QED) is 0.817. The number of aliphatic hydroxyl groups is 1. The predicted octanol–water partition coefficient (Wildman–Crippen LogP) is 1.41. The first-order valence-corrected chi connectivity index (χ1v) is 9.02. The van der Waals surface area contributed by atoms with E-state index in [4.69, 9.17) is 4.74 Å². The van der Waals surface area contributed by atoms with Gasteiger partial charge in [0.1, 0.15) is 18.2 Å². The van der Waals surface area contributed by atoms with Crippen LogP contribution in [0.2, 0.25) is 0 Å². The van der Waals surface area contributed by atoms with E-state index in [0.717, 1.165) is 42.8 Å². The third-order valence-electron chi connectivity index (χ3n) is 5.81. The Morgan fingerprint density at radius 3 is 2.54 bits per heavy atom. The second-order valence-corrected chi connectivity index (χ2v) is 7.34. The predicted molar refractivity (Wildman–Crippen MR) is 94.7 cm³/mol. The highest BCUT2D eigenvalue weighted by Gasteiger charge is 2.52. The minimum Gasteiger partial charge on any atom is -0.497 e. The fourth-order valence-electron chi connectivity index (χ4n) is 3.82. The normalized spacial score (nSPS) is 23.2. The van der Waals surface area contributed by atoms with Crippen molar-refractivity contribution in [1.82, 2.24) is 20.1 Å². The maximum Gasteiger partial charge on any atom is 0.230 e. The zero-order valence-electron chi connectivity index (χ0n) is 15.1. The molecule has 1 aromatic carbocycles. The summed E-state index contributed by atoms with van der Waals surface area (Å²) in [6.45, 7) is -0.110. The van der Waals surface area contributed by atoms with Crippen LogP contribution >= 0.6 is 0 Å². The number of amides is 1. The molecule has 0 saturated heterocycles. The van der Waals surface area contributed by atoms with Crippen LogP contribution in [0.3, 0.4) is 0 Å². The summed E-state index contributed by atoms with van der Waals surface area (Å²) < 4.78 is 7.05. The van der Waals surface area contributed by atoms with Crippen LogP contribution in [-0.2, 0) is 23.9 Å². The molecule has 2 N–H and O–H groups in total. The number of carbonyl (C=O) groups excluding carboxylic acids is 1. The number of aliphatic hydroxyl groups excluding tert-OH is 1. The lowest BCUT2D eigenvalue weighted by Gasteiger charge is -2.36. The Morgan fingerprint density at radius 1 is 1.31 bits per heavy atom. The standard InChI is InChI=1S/C19H24N4O3/c1-23-16(11-24)21-22-17(23)12-9-14(10-12)20-18(25)19(7-8-19)13-3-5-15(26-2)6-4-13/h3-6,12,14,24H,7-11H2,1-2H3,(H,20,25). The molecule has 2 aliphatic carbocycles. The van der Waals surface area contributed by atoms with Gasteiger partial charge in [-0.15, -0.1) is 10.2 Å². The van der Waals surface area contributed by atoms with E-state index in [2.05, 4.69) is 15.5 Å². The third-order valence-corrected chi connectivity index (χ3v) is 5.81. The van der Waals surface area contributed by atoms with E-state index in [0.29, 0.717) is 5.82 Å². The topological polar surface area (TPSA) is 89.3 Å². The first-order chi connectivity index (χ1) is 12.6. The van der Waals surface area contributed by atoms with Crippen LogP contribution in [0.1, 0.15) is 48.8 Å². The minimum absolute atomic E-state index is 0.110. The Labute approximate surface area is 152 Å². The molecule has 7 nitrogen and oxygen atoms in total. The Balaban J connectivity index is 1.36. The van der Waals surface area contributed by atoms with E-state index in [9.17, 15) is 9.90 Å². The van der Waals surface area contributed by atoms with E-state index in [-0.39, 0.29) is 29.9 Å². The molecule has 4 rings (SSSR count). The van der Waals surface area contributed by atoms with Gasteiger partial charge in [0.15, 0.2) is 5.82 Å². The average Bonchev–Trinajstić information content (AvgIpc) is 3.36. The van der Waals surface area contributed by atoms with Crippen LogP contribution in [0.15, 0.2) is 24.3 Å². The van der Waals surface area contributed by atoms with Gasteiger partial charge in [-0.05, 0) is 43.4 Å². The summed E-state index contributed by atoms with van der Waals surface area (Å²) in [7, 11) is 3.51. The number of carbonyl (C=O) groups is 1. The molecule has 0 radical (unpaired) electrons. The molecule has 2 saturated carbocycles. The van der Waals surface area contributed by atoms with Crippen LogP contribution in [0.5, 0.6) is 5.75 Å². The molecule has 0 atom stereocenters. The molecule has 7 heteroatoms. The smallest absolute Gasteiger partial charge is 0.230 e. The monoisotopic (exact) mass is 356 g/mol. The van der Waals surface area contributed by atoms with Gasteiger partial charge < -0.3 is 19.7 Å². The van der Waals surface area contributed by atoms with E-state index in [1.54, 1.807) is 7.11 Å². The van der Waals surface area contributed by atoms with Crippen molar-refractivity contribution in [1.29, 1.82) is 0 Å². The number of aromatic nitrogens is 3. The molecular weight excluding hydrogens is 332 g/mol. The fraction of sp³-hybridized carbons (Fsp3) is 0.526. The van der Waals surface area contributed by atoms with Gasteiger partial charge in [0.05, 0.1) is 12.5 Å². The van der Waals surface area contributed by atoms with Crippen molar-refractivity contribution in [2.24, 2.45) is 7.05 Å². The van der Waals surface area contributed by atoms with Crippen LogP contribution in [0.4, 0.5) is 0 Å². The second-order valence-electron chi connectivity index (χ2n) is 7.34. The van der Waals surface area contributed by atoms with Crippen molar-refractivity contribution in [2.45, 2.75) is 49.7 Å². The Kier molecular flexibility index (Phi) is 4.19. The van der Waals surface area contributed by atoms with Crippen molar-refractivity contribution in [3.63, 3.8) is 0 Å². The molecule has 2 aromatic rings. The Hall–Kier alpha value is -2.41. The summed E-state index contributed by atoms with van der Waals surface area (Å²) >= 11 is 0. The van der Waals surface area contributed by atoms with Gasteiger partial charge in [0, 0.05) is 19.0 Å². The molecule has 138 valence electrons. The molecule has 2 fully saturated rings. The lowest BCUT2D eigenvalue weighted by molar-refractivity contribution is -0.125. The summed E-state index contributed by atoms with van der Waals surface area (Å²) in [5.74, 6) is 2.67. The maximum absolute atomic E-state index is 12.8. The highest BCUT2D eigenvalue weighted by molar-refractivity contribution is 5.91. The number of hydrogen-bond acceptors (Lipinski definition) is 5. The van der Waals surface area contributed by atoms with Gasteiger partial charge in [0.25, 0.3) is 0 Å². The molecule has 0 unspecified atom stereocenters. The molecule has 0 aliphatic heterocycles. The summed E-state index contributed by atoms with van der Waals surface area (Å²) in [6, 6.07) is 7.98. The molecule has 0 spiro atoms. The Bertz CT molecular complexity index is 805. The van der Waals surface area contributed by atoms with Gasteiger partial charge in [0.2, 0.25) is 5.91 Å². The fourth-order valence-corrected chi connectivity index (χ4v) is 3.82. The molecular formula is C19H24N4O3. The lowest BCUT2D eigenvalue weighted by Crippen LogP contribution is -2.47. The first-order valence-electron chi connectivity index (χ1n) is 9.02. The van der Waals surface area contributed by atoms with Crippen molar-refractivity contribution in [3.05, 3.63) is 41.5 Å². The van der Waals surface area contributed by atoms with E-state index >= 15 is 0 Å². The second kappa shape index (κ2) is 6.39. The number of hydrogen-bond donors (Lipinski definition) is 2. The number of nitrogens with zero attached hydrogens (tertiary/aromatic N) is 3. The molecule has 0 bridgehead atoms. The third kappa shape index (κ3) is 2.76. The minimum atomic E-state index is -0.369. The Morgan fingerprint density at radius 2 is 2.00 bits per heavy atom. The zero-order chi connectivity index (χ0) is 18.3. The lowest BCUT2D eigenvalue weighted by atomic mass is 9.79. The number of benzene rings is 1. The molecule has 1 aromatic heterocycles. The number of ether oxygens (including phenoxy) is 1. The van der Waals surface area contributed by atoms with Gasteiger partial charge in [-0.25, -0.2) is 0 Å². The largest absolute Gasteiger partial charge is 0.497 e.